The van der Waals surface area contributed by atoms with Crippen molar-refractivity contribution in [2.75, 3.05) is 0 Å². The second-order valence-corrected chi connectivity index (χ2v) is 5.87. The fraction of sp³-hybridized carbons (Fsp3) is 0.100. The summed E-state index contributed by atoms with van der Waals surface area (Å²) in [5.74, 6) is -0.451. The lowest BCUT2D eigenvalue weighted by atomic mass is 10.1. The summed E-state index contributed by atoms with van der Waals surface area (Å²) in [4.78, 5) is 12.4. The van der Waals surface area contributed by atoms with Crippen LogP contribution < -0.4 is 5.43 Å². The van der Waals surface area contributed by atoms with Crippen molar-refractivity contribution >= 4 is 22.4 Å². The lowest BCUT2D eigenvalue weighted by molar-refractivity contribution is 0.0952. The zero-order chi connectivity index (χ0) is 16.5. The third-order valence-electron chi connectivity index (χ3n) is 4.36. The van der Waals surface area contributed by atoms with Gasteiger partial charge in [-0.25, -0.2) is 5.43 Å². The maximum Gasteiger partial charge on any atom is 0.275 e. The number of carbonyl (C=O) groups is 1. The molecule has 0 aromatic heterocycles. The topological polar surface area (TPSA) is 61.7 Å². The van der Waals surface area contributed by atoms with E-state index in [4.69, 9.17) is 0 Å². The minimum Gasteiger partial charge on any atom is -0.507 e. The van der Waals surface area contributed by atoms with Crippen LogP contribution in [0.3, 0.4) is 0 Å². The Kier molecular flexibility index (Phi) is 3.50. The first-order valence-corrected chi connectivity index (χ1v) is 7.89. The van der Waals surface area contributed by atoms with Crippen LogP contribution in [-0.2, 0) is 6.42 Å². The molecule has 24 heavy (non-hydrogen) atoms. The largest absolute Gasteiger partial charge is 0.507 e. The van der Waals surface area contributed by atoms with Crippen molar-refractivity contribution in [2.45, 2.75) is 12.8 Å². The van der Waals surface area contributed by atoms with E-state index in [-0.39, 0.29) is 11.3 Å². The molecule has 0 atom stereocenters. The molecule has 0 aliphatic heterocycles. The highest BCUT2D eigenvalue weighted by molar-refractivity contribution is 6.06. The predicted molar refractivity (Wildman–Crippen MR) is 94.4 cm³/mol. The lowest BCUT2D eigenvalue weighted by Gasteiger charge is -2.06. The minimum absolute atomic E-state index is 0.0433. The van der Waals surface area contributed by atoms with Crippen LogP contribution in [0.15, 0.2) is 65.8 Å². The number of benzene rings is 3. The second-order valence-electron chi connectivity index (χ2n) is 5.87. The number of hydrogen-bond donors (Lipinski definition) is 2. The average molecular weight is 316 g/mol. The third kappa shape index (κ3) is 2.52. The first-order valence-electron chi connectivity index (χ1n) is 7.89. The van der Waals surface area contributed by atoms with Crippen LogP contribution in [0.5, 0.6) is 5.75 Å². The molecule has 4 rings (SSSR count). The van der Waals surface area contributed by atoms with Crippen LogP contribution in [0.2, 0.25) is 0 Å². The molecule has 118 valence electrons. The molecule has 0 fully saturated rings. The van der Waals surface area contributed by atoms with Crippen molar-refractivity contribution in [1.29, 1.82) is 0 Å². The number of hydrogen-bond acceptors (Lipinski definition) is 3. The van der Waals surface area contributed by atoms with Gasteiger partial charge in [0.15, 0.2) is 0 Å². The number of aromatic hydroxyl groups is 1. The molecule has 0 saturated heterocycles. The van der Waals surface area contributed by atoms with Gasteiger partial charge in [0.1, 0.15) is 5.75 Å². The maximum atomic E-state index is 12.4. The molecule has 0 radical (unpaired) electrons. The SMILES string of the molecule is O=C(N/N=C1/CCc2ccccc21)c1cc2ccccc2cc1O. The minimum atomic E-state index is -0.407. The van der Waals surface area contributed by atoms with Gasteiger partial charge in [-0.3, -0.25) is 4.79 Å². The van der Waals surface area contributed by atoms with Gasteiger partial charge in [0, 0.05) is 5.56 Å². The van der Waals surface area contributed by atoms with Gasteiger partial charge in [-0.15, -0.1) is 0 Å². The standard InChI is InChI=1S/C20H16N2O2/c23-19-12-15-7-2-1-6-14(15)11-17(19)20(24)22-21-18-10-9-13-5-3-4-8-16(13)18/h1-8,11-12,23H,9-10H2,(H,22,24)/b21-18-. The summed E-state index contributed by atoms with van der Waals surface area (Å²) in [5.41, 5.74) is 6.01. The molecule has 2 N–H and O–H groups in total. The fourth-order valence-electron chi connectivity index (χ4n) is 3.11. The summed E-state index contributed by atoms with van der Waals surface area (Å²) in [7, 11) is 0. The Balaban J connectivity index is 1.61. The number of nitrogens with one attached hydrogen (secondary N) is 1. The highest BCUT2D eigenvalue weighted by Crippen LogP contribution is 2.25. The Bertz CT molecular complexity index is 976. The number of aryl methyl sites for hydroxylation is 1. The first kappa shape index (κ1) is 14.5. The predicted octanol–water partition coefficient (Wildman–Crippen LogP) is 3.63. The molecule has 4 heteroatoms. The van der Waals surface area contributed by atoms with Crippen LogP contribution in [0.4, 0.5) is 0 Å². The van der Waals surface area contributed by atoms with Crippen molar-refractivity contribution in [3.63, 3.8) is 0 Å². The number of phenolic OH excluding ortho intramolecular Hbond substituents is 1. The fourth-order valence-corrected chi connectivity index (χ4v) is 3.11. The molecular formula is C20H16N2O2. The molecule has 1 aliphatic rings. The summed E-state index contributed by atoms with van der Waals surface area (Å²) < 4.78 is 0. The van der Waals surface area contributed by atoms with Crippen LogP contribution in [0.1, 0.15) is 27.9 Å². The van der Waals surface area contributed by atoms with Gasteiger partial charge >= 0.3 is 0 Å². The van der Waals surface area contributed by atoms with Crippen LogP contribution in [-0.4, -0.2) is 16.7 Å². The average Bonchev–Trinajstić information content (AvgIpc) is 3.02. The van der Waals surface area contributed by atoms with E-state index in [9.17, 15) is 9.90 Å². The summed E-state index contributed by atoms with van der Waals surface area (Å²) in [6, 6.07) is 18.9. The molecule has 3 aromatic carbocycles. The number of phenols is 1. The summed E-state index contributed by atoms with van der Waals surface area (Å²) in [5, 5.41) is 16.2. The molecule has 0 saturated carbocycles. The van der Waals surface area contributed by atoms with E-state index < -0.39 is 5.91 Å². The van der Waals surface area contributed by atoms with Gasteiger partial charge in [-0.2, -0.15) is 5.10 Å². The van der Waals surface area contributed by atoms with E-state index in [1.54, 1.807) is 12.1 Å². The van der Waals surface area contributed by atoms with Gasteiger partial charge < -0.3 is 5.11 Å². The molecule has 0 heterocycles. The monoisotopic (exact) mass is 316 g/mol. The second kappa shape index (κ2) is 5.81. The highest BCUT2D eigenvalue weighted by atomic mass is 16.3. The number of rotatable bonds is 2. The van der Waals surface area contributed by atoms with E-state index in [0.717, 1.165) is 34.9 Å². The van der Waals surface area contributed by atoms with Gasteiger partial charge in [0.05, 0.1) is 11.3 Å². The maximum absolute atomic E-state index is 12.4. The van der Waals surface area contributed by atoms with Crippen LogP contribution in [0, 0.1) is 0 Å². The van der Waals surface area contributed by atoms with Crippen LogP contribution in [0.25, 0.3) is 10.8 Å². The van der Waals surface area contributed by atoms with Crippen molar-refractivity contribution in [2.24, 2.45) is 5.10 Å². The van der Waals surface area contributed by atoms with E-state index in [2.05, 4.69) is 16.6 Å². The Morgan fingerprint density at radius 1 is 0.958 bits per heavy atom. The van der Waals surface area contributed by atoms with Crippen molar-refractivity contribution in [1.82, 2.24) is 5.43 Å². The molecule has 4 nitrogen and oxygen atoms in total. The zero-order valence-electron chi connectivity index (χ0n) is 13.0. The van der Waals surface area contributed by atoms with E-state index in [1.807, 2.05) is 42.5 Å². The van der Waals surface area contributed by atoms with Crippen LogP contribution >= 0.6 is 0 Å². The van der Waals surface area contributed by atoms with E-state index in [0.29, 0.717) is 0 Å². The number of nitrogens with zero attached hydrogens (tertiary/aromatic N) is 1. The molecule has 1 aliphatic carbocycles. The quantitative estimate of drug-likeness (QED) is 0.709. The summed E-state index contributed by atoms with van der Waals surface area (Å²) >= 11 is 0. The normalized spacial score (nSPS) is 14.8. The molecule has 0 unspecified atom stereocenters. The Morgan fingerprint density at radius 2 is 1.67 bits per heavy atom. The first-order chi connectivity index (χ1) is 11.7. The van der Waals surface area contributed by atoms with Crippen molar-refractivity contribution in [3.05, 3.63) is 77.4 Å². The Morgan fingerprint density at radius 3 is 2.50 bits per heavy atom. The highest BCUT2D eigenvalue weighted by Gasteiger charge is 2.18. The Labute approximate surface area is 139 Å². The van der Waals surface area contributed by atoms with Crippen molar-refractivity contribution in [3.8, 4) is 5.75 Å². The summed E-state index contributed by atoms with van der Waals surface area (Å²) in [6.07, 6.45) is 1.75. The van der Waals surface area contributed by atoms with E-state index >= 15 is 0 Å². The van der Waals surface area contributed by atoms with E-state index in [1.165, 1.54) is 5.56 Å². The molecule has 0 bridgehead atoms. The van der Waals surface area contributed by atoms with Gasteiger partial charge in [0.25, 0.3) is 5.91 Å². The molecule has 3 aromatic rings. The Hall–Kier alpha value is -3.14. The number of amides is 1. The van der Waals surface area contributed by atoms with Gasteiger partial charge in [-0.05, 0) is 41.3 Å². The van der Waals surface area contributed by atoms with Crippen molar-refractivity contribution < 1.29 is 9.90 Å². The molecular weight excluding hydrogens is 300 g/mol. The zero-order valence-corrected chi connectivity index (χ0v) is 13.0. The van der Waals surface area contributed by atoms with Gasteiger partial charge in [-0.1, -0.05) is 48.5 Å². The third-order valence-corrected chi connectivity index (χ3v) is 4.36. The smallest absolute Gasteiger partial charge is 0.275 e. The molecule has 1 amide bonds. The van der Waals surface area contributed by atoms with Gasteiger partial charge in [0.2, 0.25) is 0 Å². The number of carbonyl (C=O) groups excluding carboxylic acids is 1. The summed E-state index contributed by atoms with van der Waals surface area (Å²) in [6.45, 7) is 0. The molecule has 0 spiro atoms. The lowest BCUT2D eigenvalue weighted by Crippen LogP contribution is -2.19. The number of hydrazone groups is 1. The number of fused-ring (bicyclic) bond motifs is 2.